The molecule has 0 saturated heterocycles. The monoisotopic (exact) mass is 168 g/mol. The zero-order valence-corrected chi connectivity index (χ0v) is 7.42. The number of carbonyl (C=O) groups is 2. The summed E-state index contributed by atoms with van der Waals surface area (Å²) >= 11 is 0. The molecule has 0 unspecified atom stereocenters. The van der Waals surface area contributed by atoms with Gasteiger partial charge in [0.2, 0.25) is 5.78 Å². The zero-order valence-electron chi connectivity index (χ0n) is 7.42. The summed E-state index contributed by atoms with van der Waals surface area (Å²) in [7, 11) is 0. The normalized spacial score (nSPS) is 12.9. The molecule has 0 atom stereocenters. The molecule has 0 aliphatic carbocycles. The van der Waals surface area contributed by atoms with Crippen molar-refractivity contribution < 1.29 is 9.59 Å². The number of Topliss-reactive ketones (excluding diaryl/α,β-unsaturated/α-hetero) is 1. The number of primary amides is 1. The molecule has 0 aromatic heterocycles. The Balaban J connectivity index is 4.62. The van der Waals surface area contributed by atoms with Crippen LogP contribution in [0.4, 0.5) is 4.79 Å². The second-order valence-electron chi connectivity index (χ2n) is 2.34. The Hall–Kier alpha value is -1.45. The van der Waals surface area contributed by atoms with E-state index in [0.717, 1.165) is 0 Å². The number of hydrogen-bond acceptors (Lipinski definition) is 2. The molecule has 0 radical (unpaired) electrons. The minimum absolute atomic E-state index is 0.123. The van der Waals surface area contributed by atoms with Crippen LogP contribution in [0.5, 0.6) is 0 Å². The molecule has 0 spiro atoms. The van der Waals surface area contributed by atoms with Gasteiger partial charge in [-0.05, 0) is 26.3 Å². The second-order valence-corrected chi connectivity index (χ2v) is 2.34. The van der Waals surface area contributed by atoms with E-state index in [1.165, 1.54) is 6.92 Å². The Kier molecular flexibility index (Phi) is 3.90. The first kappa shape index (κ1) is 10.6. The first-order chi connectivity index (χ1) is 5.49. The molecule has 0 rings (SSSR count). The van der Waals surface area contributed by atoms with Gasteiger partial charge in [0.1, 0.15) is 0 Å². The lowest BCUT2D eigenvalue weighted by Gasteiger charge is -1.96. The lowest BCUT2D eigenvalue weighted by molar-refractivity contribution is -0.109. The lowest BCUT2D eigenvalue weighted by atomic mass is 10.1. The van der Waals surface area contributed by atoms with Crippen LogP contribution in [0.3, 0.4) is 0 Å². The highest BCUT2D eigenvalue weighted by molar-refractivity contribution is 6.45. The van der Waals surface area contributed by atoms with Crippen LogP contribution >= 0.6 is 0 Å². The fourth-order valence-corrected chi connectivity index (χ4v) is 0.633. The van der Waals surface area contributed by atoms with Gasteiger partial charge in [-0.1, -0.05) is 6.08 Å². The molecule has 66 valence electrons. The van der Waals surface area contributed by atoms with Crippen molar-refractivity contribution in [1.29, 1.82) is 0 Å². The Morgan fingerprint density at radius 3 is 2.17 bits per heavy atom. The van der Waals surface area contributed by atoms with Crippen LogP contribution in [0.1, 0.15) is 20.8 Å². The number of urea groups is 1. The van der Waals surface area contributed by atoms with Crippen LogP contribution in [-0.4, -0.2) is 17.5 Å². The number of nitrogens with two attached hydrogens (primary N) is 1. The summed E-state index contributed by atoms with van der Waals surface area (Å²) in [4.78, 5) is 24.8. The van der Waals surface area contributed by atoms with Gasteiger partial charge in [-0.15, -0.1) is 0 Å². The summed E-state index contributed by atoms with van der Waals surface area (Å²) in [5.41, 5.74) is 5.45. The van der Waals surface area contributed by atoms with Gasteiger partial charge in [-0.3, -0.25) is 4.79 Å². The van der Waals surface area contributed by atoms with Crippen LogP contribution in [-0.2, 0) is 4.79 Å². The summed E-state index contributed by atoms with van der Waals surface area (Å²) < 4.78 is 0. The zero-order chi connectivity index (χ0) is 9.72. The molecule has 4 nitrogen and oxygen atoms in total. The van der Waals surface area contributed by atoms with Crippen LogP contribution in [0.25, 0.3) is 0 Å². The number of nitrogens with zero attached hydrogens (tertiary/aromatic N) is 1. The first-order valence-corrected chi connectivity index (χ1v) is 3.51. The number of aliphatic imine (C=N–C) groups is 1. The Labute approximate surface area is 71.2 Å². The van der Waals surface area contributed by atoms with E-state index in [1.54, 1.807) is 19.9 Å². The summed E-state index contributed by atoms with van der Waals surface area (Å²) in [6, 6.07) is -0.843. The Bertz CT molecular complexity index is 264. The summed E-state index contributed by atoms with van der Waals surface area (Å²) in [5, 5.41) is 0. The van der Waals surface area contributed by atoms with Gasteiger partial charge in [0.25, 0.3) is 0 Å². The highest BCUT2D eigenvalue weighted by Crippen LogP contribution is 1.96. The predicted octanol–water partition coefficient (Wildman–Crippen LogP) is 1.06. The number of rotatable bonds is 2. The van der Waals surface area contributed by atoms with Gasteiger partial charge >= 0.3 is 6.03 Å². The van der Waals surface area contributed by atoms with Gasteiger partial charge < -0.3 is 5.73 Å². The summed E-state index contributed by atoms with van der Waals surface area (Å²) in [6.45, 7) is 4.85. The number of amides is 2. The molecule has 0 heterocycles. The van der Waals surface area contributed by atoms with Gasteiger partial charge in [0.15, 0.2) is 0 Å². The molecule has 0 aliphatic heterocycles. The maximum absolute atomic E-state index is 11.2. The fourth-order valence-electron chi connectivity index (χ4n) is 0.633. The van der Waals surface area contributed by atoms with Crippen LogP contribution < -0.4 is 5.73 Å². The Morgan fingerprint density at radius 2 is 1.83 bits per heavy atom. The Morgan fingerprint density at radius 1 is 1.33 bits per heavy atom. The number of hydrogen-bond donors (Lipinski definition) is 1. The van der Waals surface area contributed by atoms with Gasteiger partial charge in [-0.25, -0.2) is 4.79 Å². The minimum Gasteiger partial charge on any atom is -0.350 e. The predicted molar refractivity (Wildman–Crippen MR) is 47.1 cm³/mol. The first-order valence-electron chi connectivity index (χ1n) is 3.51. The molecule has 4 heteroatoms. The minimum atomic E-state index is -0.843. The SMILES string of the molecule is C/C=C(\C)C(=O)/C(C)=N/C(N)=O. The van der Waals surface area contributed by atoms with E-state index in [-0.39, 0.29) is 11.5 Å². The molecule has 0 saturated carbocycles. The van der Waals surface area contributed by atoms with Gasteiger partial charge in [0, 0.05) is 0 Å². The average Bonchev–Trinajstić information content (AvgIpc) is 2.00. The van der Waals surface area contributed by atoms with Crippen molar-refractivity contribution in [2.75, 3.05) is 0 Å². The van der Waals surface area contributed by atoms with Crippen LogP contribution in [0, 0.1) is 0 Å². The van der Waals surface area contributed by atoms with E-state index in [4.69, 9.17) is 5.73 Å². The molecule has 0 aliphatic rings. The van der Waals surface area contributed by atoms with Crippen molar-refractivity contribution in [1.82, 2.24) is 0 Å². The van der Waals surface area contributed by atoms with Crippen LogP contribution in [0.2, 0.25) is 0 Å². The van der Waals surface area contributed by atoms with E-state index >= 15 is 0 Å². The molecular weight excluding hydrogens is 156 g/mol. The highest BCUT2D eigenvalue weighted by Gasteiger charge is 2.07. The topological polar surface area (TPSA) is 72.5 Å². The van der Waals surface area contributed by atoms with Gasteiger partial charge in [0.05, 0.1) is 5.71 Å². The van der Waals surface area contributed by atoms with E-state index in [0.29, 0.717) is 5.57 Å². The van der Waals surface area contributed by atoms with E-state index in [1.807, 2.05) is 0 Å². The van der Waals surface area contributed by atoms with Crippen molar-refractivity contribution >= 4 is 17.5 Å². The third-order valence-corrected chi connectivity index (χ3v) is 1.40. The fraction of sp³-hybridized carbons (Fsp3) is 0.375. The average molecular weight is 168 g/mol. The van der Waals surface area contributed by atoms with Gasteiger partial charge in [-0.2, -0.15) is 4.99 Å². The van der Waals surface area contributed by atoms with Crippen molar-refractivity contribution in [3.05, 3.63) is 11.6 Å². The quantitative estimate of drug-likeness (QED) is 0.494. The molecule has 0 bridgehead atoms. The van der Waals surface area contributed by atoms with Crippen molar-refractivity contribution in [2.45, 2.75) is 20.8 Å². The van der Waals surface area contributed by atoms with Crippen LogP contribution in [0.15, 0.2) is 16.6 Å². The third kappa shape index (κ3) is 3.09. The van der Waals surface area contributed by atoms with E-state index in [9.17, 15) is 9.59 Å². The molecule has 12 heavy (non-hydrogen) atoms. The largest absolute Gasteiger partial charge is 0.350 e. The number of allylic oxidation sites excluding steroid dienone is 2. The number of carbonyl (C=O) groups excluding carboxylic acids is 2. The summed E-state index contributed by atoms with van der Waals surface area (Å²) in [5.74, 6) is -0.253. The second kappa shape index (κ2) is 4.43. The van der Waals surface area contributed by atoms with E-state index < -0.39 is 6.03 Å². The molecular formula is C8H12N2O2. The molecule has 0 aromatic carbocycles. The molecule has 2 amide bonds. The lowest BCUT2D eigenvalue weighted by Crippen LogP contribution is -2.16. The maximum Gasteiger partial charge on any atom is 0.338 e. The van der Waals surface area contributed by atoms with Crippen molar-refractivity contribution in [3.8, 4) is 0 Å². The molecule has 2 N–H and O–H groups in total. The summed E-state index contributed by atoms with van der Waals surface area (Å²) in [6.07, 6.45) is 1.66. The number of ketones is 1. The smallest absolute Gasteiger partial charge is 0.338 e. The van der Waals surface area contributed by atoms with Crippen molar-refractivity contribution in [2.24, 2.45) is 10.7 Å². The maximum atomic E-state index is 11.2. The molecule has 0 aromatic rings. The molecule has 0 fully saturated rings. The standard InChI is InChI=1S/C8H12N2O2/c1-4-5(2)7(11)6(3)10-8(9)12/h4H,1-3H3,(H2,9,12)/b5-4+,10-6+. The van der Waals surface area contributed by atoms with Crippen molar-refractivity contribution in [3.63, 3.8) is 0 Å². The third-order valence-electron chi connectivity index (χ3n) is 1.40. The van der Waals surface area contributed by atoms with E-state index in [2.05, 4.69) is 4.99 Å². The highest BCUT2D eigenvalue weighted by atomic mass is 16.2.